The van der Waals surface area contributed by atoms with Crippen LogP contribution >= 0.6 is 0 Å². The van der Waals surface area contributed by atoms with Crippen LogP contribution < -0.4 is 10.1 Å². The SMILES string of the molecule is CCCC[C@@H](CC)CNC(=O)c1cc2cccc(OC)c2o1. The maximum absolute atomic E-state index is 12.3. The van der Waals surface area contributed by atoms with Crippen LogP contribution in [-0.2, 0) is 0 Å². The molecule has 0 saturated carbocycles. The molecule has 22 heavy (non-hydrogen) atoms. The summed E-state index contributed by atoms with van der Waals surface area (Å²) in [5, 5.41) is 3.86. The van der Waals surface area contributed by atoms with Gasteiger partial charge in [0.2, 0.25) is 0 Å². The average Bonchev–Trinajstić information content (AvgIpc) is 2.99. The molecule has 120 valence electrons. The maximum Gasteiger partial charge on any atom is 0.287 e. The monoisotopic (exact) mass is 303 g/mol. The van der Waals surface area contributed by atoms with Crippen molar-refractivity contribution in [2.45, 2.75) is 39.5 Å². The number of para-hydroxylation sites is 1. The molecule has 0 unspecified atom stereocenters. The number of fused-ring (bicyclic) bond motifs is 1. The predicted molar refractivity (Wildman–Crippen MR) is 88.4 cm³/mol. The molecule has 0 spiro atoms. The second-order valence-corrected chi connectivity index (χ2v) is 5.62. The Morgan fingerprint density at radius 3 is 2.86 bits per heavy atom. The molecule has 1 atom stereocenters. The molecular formula is C18H25NO3. The van der Waals surface area contributed by atoms with Gasteiger partial charge in [-0.15, -0.1) is 0 Å². The van der Waals surface area contributed by atoms with Gasteiger partial charge in [0.1, 0.15) is 0 Å². The Hall–Kier alpha value is -1.97. The fraction of sp³-hybridized carbons (Fsp3) is 0.500. The number of furan rings is 1. The number of rotatable bonds is 8. The van der Waals surface area contributed by atoms with E-state index in [1.165, 1.54) is 12.8 Å². The van der Waals surface area contributed by atoms with Gasteiger partial charge in [-0.1, -0.05) is 45.2 Å². The quantitative estimate of drug-likeness (QED) is 0.787. The van der Waals surface area contributed by atoms with Crippen LogP contribution in [-0.4, -0.2) is 19.6 Å². The van der Waals surface area contributed by atoms with Gasteiger partial charge in [0, 0.05) is 11.9 Å². The van der Waals surface area contributed by atoms with E-state index in [9.17, 15) is 4.79 Å². The molecule has 1 heterocycles. The number of ether oxygens (including phenoxy) is 1. The first-order valence-corrected chi connectivity index (χ1v) is 8.04. The molecule has 0 aliphatic carbocycles. The van der Waals surface area contributed by atoms with E-state index >= 15 is 0 Å². The number of hydrogen-bond donors (Lipinski definition) is 1. The van der Waals surface area contributed by atoms with Crippen molar-refractivity contribution < 1.29 is 13.9 Å². The summed E-state index contributed by atoms with van der Waals surface area (Å²) in [5.74, 6) is 1.35. The van der Waals surface area contributed by atoms with E-state index in [1.807, 2.05) is 18.2 Å². The van der Waals surface area contributed by atoms with Crippen molar-refractivity contribution >= 4 is 16.9 Å². The standard InChI is InChI=1S/C18H25NO3/c1-4-6-8-13(5-2)12-19-18(20)16-11-14-9-7-10-15(21-3)17(14)22-16/h7,9-11,13H,4-6,8,12H2,1-3H3,(H,19,20)/t13-/m1/s1. The fourth-order valence-corrected chi connectivity index (χ4v) is 2.58. The number of benzene rings is 1. The Balaban J connectivity index is 2.03. The van der Waals surface area contributed by atoms with E-state index in [2.05, 4.69) is 19.2 Å². The minimum Gasteiger partial charge on any atom is -0.493 e. The Bertz CT molecular complexity index is 618. The van der Waals surface area contributed by atoms with Crippen molar-refractivity contribution in [1.29, 1.82) is 0 Å². The summed E-state index contributed by atoms with van der Waals surface area (Å²) < 4.78 is 10.9. The average molecular weight is 303 g/mol. The third-order valence-electron chi connectivity index (χ3n) is 4.05. The number of unbranched alkanes of at least 4 members (excludes halogenated alkanes) is 1. The molecule has 0 bridgehead atoms. The first-order chi connectivity index (χ1) is 10.7. The van der Waals surface area contributed by atoms with Gasteiger partial charge in [-0.2, -0.15) is 0 Å². The predicted octanol–water partition coefficient (Wildman–Crippen LogP) is 4.39. The van der Waals surface area contributed by atoms with Crippen molar-refractivity contribution in [1.82, 2.24) is 5.32 Å². The Morgan fingerprint density at radius 1 is 1.36 bits per heavy atom. The lowest BCUT2D eigenvalue weighted by Gasteiger charge is -2.14. The van der Waals surface area contributed by atoms with E-state index in [0.717, 1.165) is 18.2 Å². The topological polar surface area (TPSA) is 51.5 Å². The number of methoxy groups -OCH3 is 1. The fourth-order valence-electron chi connectivity index (χ4n) is 2.58. The van der Waals surface area contributed by atoms with Crippen LogP contribution in [0.4, 0.5) is 0 Å². The normalized spacial score (nSPS) is 12.3. The van der Waals surface area contributed by atoms with Crippen molar-refractivity contribution in [2.24, 2.45) is 5.92 Å². The van der Waals surface area contributed by atoms with Gasteiger partial charge in [-0.05, 0) is 24.5 Å². The second-order valence-electron chi connectivity index (χ2n) is 5.62. The zero-order valence-electron chi connectivity index (χ0n) is 13.6. The molecule has 1 N–H and O–H groups in total. The number of carbonyl (C=O) groups excluding carboxylic acids is 1. The zero-order chi connectivity index (χ0) is 15.9. The maximum atomic E-state index is 12.3. The molecule has 0 aliphatic rings. The van der Waals surface area contributed by atoms with Gasteiger partial charge in [0.05, 0.1) is 7.11 Å². The summed E-state index contributed by atoms with van der Waals surface area (Å²) in [7, 11) is 1.59. The molecule has 1 aromatic carbocycles. The molecule has 4 nitrogen and oxygen atoms in total. The smallest absolute Gasteiger partial charge is 0.287 e. The highest BCUT2D eigenvalue weighted by atomic mass is 16.5. The molecule has 4 heteroatoms. The van der Waals surface area contributed by atoms with E-state index in [4.69, 9.17) is 9.15 Å². The lowest BCUT2D eigenvalue weighted by atomic mass is 9.99. The number of nitrogens with one attached hydrogen (secondary N) is 1. The van der Waals surface area contributed by atoms with Gasteiger partial charge in [-0.25, -0.2) is 0 Å². The first-order valence-electron chi connectivity index (χ1n) is 8.04. The summed E-state index contributed by atoms with van der Waals surface area (Å²) in [4.78, 5) is 12.3. The van der Waals surface area contributed by atoms with Crippen LogP contribution in [0, 0.1) is 5.92 Å². The number of amides is 1. The van der Waals surface area contributed by atoms with Gasteiger partial charge >= 0.3 is 0 Å². The molecule has 0 radical (unpaired) electrons. The lowest BCUT2D eigenvalue weighted by molar-refractivity contribution is 0.0920. The lowest BCUT2D eigenvalue weighted by Crippen LogP contribution is -2.28. The first kappa shape index (κ1) is 16.4. The van der Waals surface area contributed by atoms with Gasteiger partial charge in [0.15, 0.2) is 17.1 Å². The molecular weight excluding hydrogens is 278 g/mol. The van der Waals surface area contributed by atoms with Crippen LogP contribution in [0.1, 0.15) is 50.1 Å². The molecule has 1 aromatic heterocycles. The molecule has 2 aromatic rings. The summed E-state index contributed by atoms with van der Waals surface area (Å²) in [6, 6.07) is 7.38. The van der Waals surface area contributed by atoms with Crippen molar-refractivity contribution in [2.75, 3.05) is 13.7 Å². The minimum atomic E-state index is -0.159. The largest absolute Gasteiger partial charge is 0.493 e. The van der Waals surface area contributed by atoms with Gasteiger partial charge in [-0.3, -0.25) is 4.79 Å². The Kier molecular flexibility index (Phi) is 5.87. The summed E-state index contributed by atoms with van der Waals surface area (Å²) in [6.45, 7) is 5.05. The highest BCUT2D eigenvalue weighted by Gasteiger charge is 2.15. The molecule has 0 aliphatic heterocycles. The van der Waals surface area contributed by atoms with Crippen molar-refractivity contribution in [3.63, 3.8) is 0 Å². The highest BCUT2D eigenvalue weighted by molar-refractivity contribution is 5.97. The van der Waals surface area contributed by atoms with Crippen molar-refractivity contribution in [3.05, 3.63) is 30.0 Å². The summed E-state index contributed by atoms with van der Waals surface area (Å²) in [6.07, 6.45) is 4.62. The summed E-state index contributed by atoms with van der Waals surface area (Å²) >= 11 is 0. The highest BCUT2D eigenvalue weighted by Crippen LogP contribution is 2.28. The Labute approximate surface area is 131 Å². The summed E-state index contributed by atoms with van der Waals surface area (Å²) in [5.41, 5.74) is 0.619. The van der Waals surface area contributed by atoms with Gasteiger partial charge < -0.3 is 14.5 Å². The van der Waals surface area contributed by atoms with Crippen LogP contribution in [0.15, 0.2) is 28.7 Å². The van der Waals surface area contributed by atoms with E-state index in [1.54, 1.807) is 13.2 Å². The van der Waals surface area contributed by atoms with Crippen LogP contribution in [0.3, 0.4) is 0 Å². The van der Waals surface area contributed by atoms with Crippen LogP contribution in [0.25, 0.3) is 11.0 Å². The van der Waals surface area contributed by atoms with Crippen LogP contribution in [0.5, 0.6) is 5.75 Å². The second kappa shape index (κ2) is 7.87. The molecule has 2 rings (SSSR count). The van der Waals surface area contributed by atoms with E-state index < -0.39 is 0 Å². The van der Waals surface area contributed by atoms with Crippen LogP contribution in [0.2, 0.25) is 0 Å². The number of hydrogen-bond acceptors (Lipinski definition) is 3. The van der Waals surface area contributed by atoms with Gasteiger partial charge in [0.25, 0.3) is 5.91 Å². The van der Waals surface area contributed by atoms with E-state index in [-0.39, 0.29) is 5.91 Å². The van der Waals surface area contributed by atoms with E-state index in [0.29, 0.717) is 29.6 Å². The molecule has 1 amide bonds. The third kappa shape index (κ3) is 3.81. The number of carbonyl (C=O) groups is 1. The zero-order valence-corrected chi connectivity index (χ0v) is 13.6. The Morgan fingerprint density at radius 2 is 2.18 bits per heavy atom. The minimum absolute atomic E-state index is 0.159. The molecule has 0 fully saturated rings. The van der Waals surface area contributed by atoms with Crippen molar-refractivity contribution in [3.8, 4) is 5.75 Å². The molecule has 0 saturated heterocycles. The third-order valence-corrected chi connectivity index (χ3v) is 4.05.